The number of nitrogens with one attached hydrogen (secondary N) is 2. The van der Waals surface area contributed by atoms with Crippen molar-refractivity contribution in [3.8, 4) is 0 Å². The highest BCUT2D eigenvalue weighted by Gasteiger charge is 2.08. The van der Waals surface area contributed by atoms with Crippen LogP contribution in [0, 0.1) is 0 Å². The topological polar surface area (TPSA) is 61.4 Å². The van der Waals surface area contributed by atoms with E-state index in [1.54, 1.807) is 24.3 Å². The maximum Gasteiger partial charge on any atom is 0.224 e. The molecule has 0 spiro atoms. The second kappa shape index (κ2) is 13.1. The molecule has 0 aliphatic carbocycles. The minimum absolute atomic E-state index is 0.0587. The normalized spacial score (nSPS) is 12.0. The fourth-order valence-electron chi connectivity index (χ4n) is 2.69. The largest absolute Gasteiger partial charge is 0.326 e. The van der Waals surface area contributed by atoms with Crippen molar-refractivity contribution >= 4 is 29.0 Å². The Kier molecular flexibility index (Phi) is 11.4. The summed E-state index contributed by atoms with van der Waals surface area (Å²) in [6.07, 6.45) is 12.6. The molecule has 1 aromatic carbocycles. The molecule has 1 amide bonds. The first-order valence-electron chi connectivity index (χ1n) is 9.02. The van der Waals surface area contributed by atoms with Gasteiger partial charge in [0, 0.05) is 17.4 Å². The minimum Gasteiger partial charge on any atom is -0.326 e. The molecular formula is C19H32N2O2S. The van der Waals surface area contributed by atoms with Crippen molar-refractivity contribution in [1.82, 2.24) is 0 Å². The van der Waals surface area contributed by atoms with Crippen LogP contribution in [0.2, 0.25) is 0 Å². The highest BCUT2D eigenvalue weighted by atomic mass is 32.2. The molecule has 1 aromatic rings. The van der Waals surface area contributed by atoms with Crippen molar-refractivity contribution in [3.63, 3.8) is 0 Å². The first-order valence-corrected chi connectivity index (χ1v) is 10.3. The van der Waals surface area contributed by atoms with Gasteiger partial charge in [-0.05, 0) is 49.8 Å². The van der Waals surface area contributed by atoms with Crippen molar-refractivity contribution in [1.29, 1.82) is 0 Å². The molecule has 0 aliphatic rings. The molecule has 0 heterocycles. The summed E-state index contributed by atoms with van der Waals surface area (Å²) in [5.41, 5.74) is 3.44. The summed E-state index contributed by atoms with van der Waals surface area (Å²) in [6.45, 7) is 2.25. The van der Waals surface area contributed by atoms with Gasteiger partial charge in [-0.2, -0.15) is 11.8 Å². The summed E-state index contributed by atoms with van der Waals surface area (Å²) in [6, 6.07) is 6.99. The zero-order valence-corrected chi connectivity index (χ0v) is 15.8. The minimum atomic E-state index is 0.0587. The van der Waals surface area contributed by atoms with Gasteiger partial charge in [-0.25, -0.2) is 0 Å². The van der Waals surface area contributed by atoms with Crippen LogP contribution in [0.15, 0.2) is 24.3 Å². The average Bonchev–Trinajstić information content (AvgIpc) is 2.61. The van der Waals surface area contributed by atoms with Crippen LogP contribution >= 0.6 is 11.8 Å². The Hall–Kier alpha value is -1.20. The molecule has 0 radical (unpaired) electrons. The van der Waals surface area contributed by atoms with Crippen LogP contribution in [-0.2, 0) is 4.79 Å². The molecule has 0 aliphatic heterocycles. The molecule has 1 unspecified atom stereocenters. The Bertz CT molecular complexity index is 451. The second-order valence-corrected chi connectivity index (χ2v) is 7.33. The number of anilines is 2. The molecule has 1 atom stereocenters. The first-order chi connectivity index (χ1) is 11.7. The van der Waals surface area contributed by atoms with Crippen LogP contribution in [0.25, 0.3) is 0 Å². The number of carbonyl (C=O) groups is 1. The van der Waals surface area contributed by atoms with Crippen LogP contribution in [0.5, 0.6) is 0 Å². The van der Waals surface area contributed by atoms with E-state index in [4.69, 9.17) is 5.21 Å². The molecule has 5 heteroatoms. The fraction of sp³-hybridized carbons (Fsp3) is 0.632. The molecule has 3 N–H and O–H groups in total. The SMILES string of the molecule is CCCCCCC(CCCCC(=O)Nc1ccc(NO)cc1)SC. The average molecular weight is 353 g/mol. The third-order valence-electron chi connectivity index (χ3n) is 4.19. The maximum absolute atomic E-state index is 11.9. The predicted molar refractivity (Wildman–Crippen MR) is 105 cm³/mol. The number of hydrogen-bond donors (Lipinski definition) is 3. The number of hydrogen-bond acceptors (Lipinski definition) is 4. The summed E-state index contributed by atoms with van der Waals surface area (Å²) in [5.74, 6) is 0.0587. The van der Waals surface area contributed by atoms with E-state index in [-0.39, 0.29) is 5.91 Å². The summed E-state index contributed by atoms with van der Waals surface area (Å²) < 4.78 is 0. The van der Waals surface area contributed by atoms with E-state index in [1.807, 2.05) is 11.8 Å². The Morgan fingerprint density at radius 2 is 1.67 bits per heavy atom. The van der Waals surface area contributed by atoms with Gasteiger partial charge in [0.25, 0.3) is 0 Å². The standard InChI is InChI=1S/C19H32N2O2S/c1-3-4-5-6-9-18(24-2)10-7-8-11-19(22)20-16-12-14-17(21-23)15-13-16/h12-15,18,21,23H,3-11H2,1-2H3,(H,20,22). The van der Waals surface area contributed by atoms with Gasteiger partial charge >= 0.3 is 0 Å². The number of benzene rings is 1. The number of amides is 1. The van der Waals surface area contributed by atoms with Crippen LogP contribution in [0.4, 0.5) is 11.4 Å². The van der Waals surface area contributed by atoms with Crippen LogP contribution in [0.3, 0.4) is 0 Å². The Balaban J connectivity index is 2.15. The molecular weight excluding hydrogens is 320 g/mol. The van der Waals surface area contributed by atoms with Crippen molar-refractivity contribution in [2.24, 2.45) is 0 Å². The molecule has 0 fully saturated rings. The molecule has 0 aromatic heterocycles. The molecule has 4 nitrogen and oxygen atoms in total. The number of unbranched alkanes of at least 4 members (excludes halogenated alkanes) is 4. The molecule has 0 saturated carbocycles. The van der Waals surface area contributed by atoms with Gasteiger partial charge in [-0.1, -0.05) is 39.0 Å². The van der Waals surface area contributed by atoms with Gasteiger partial charge in [0.15, 0.2) is 0 Å². The second-order valence-electron chi connectivity index (χ2n) is 6.19. The predicted octanol–water partition coefficient (Wildman–Crippen LogP) is 5.69. The molecule has 136 valence electrons. The van der Waals surface area contributed by atoms with Gasteiger partial charge in [0.2, 0.25) is 5.91 Å². The zero-order valence-electron chi connectivity index (χ0n) is 15.0. The van der Waals surface area contributed by atoms with Crippen molar-refractivity contribution in [3.05, 3.63) is 24.3 Å². The molecule has 0 saturated heterocycles. The molecule has 1 rings (SSSR count). The smallest absolute Gasteiger partial charge is 0.224 e. The van der Waals surface area contributed by atoms with E-state index in [1.165, 1.54) is 38.5 Å². The van der Waals surface area contributed by atoms with Crippen molar-refractivity contribution in [2.75, 3.05) is 17.1 Å². The zero-order chi connectivity index (χ0) is 17.6. The van der Waals surface area contributed by atoms with E-state index in [0.717, 1.165) is 23.8 Å². The Morgan fingerprint density at radius 3 is 2.25 bits per heavy atom. The third kappa shape index (κ3) is 9.18. The first kappa shape index (κ1) is 20.8. The van der Waals surface area contributed by atoms with Crippen LogP contribution < -0.4 is 10.8 Å². The quantitative estimate of drug-likeness (QED) is 0.315. The lowest BCUT2D eigenvalue weighted by Gasteiger charge is -2.14. The highest BCUT2D eigenvalue weighted by Crippen LogP contribution is 2.22. The summed E-state index contributed by atoms with van der Waals surface area (Å²) in [4.78, 5) is 11.9. The summed E-state index contributed by atoms with van der Waals surface area (Å²) >= 11 is 1.97. The van der Waals surface area contributed by atoms with E-state index in [0.29, 0.717) is 12.1 Å². The van der Waals surface area contributed by atoms with Gasteiger partial charge < -0.3 is 5.32 Å². The van der Waals surface area contributed by atoms with Crippen LogP contribution in [-0.4, -0.2) is 22.6 Å². The lowest BCUT2D eigenvalue weighted by molar-refractivity contribution is -0.116. The Morgan fingerprint density at radius 1 is 1.04 bits per heavy atom. The van der Waals surface area contributed by atoms with Gasteiger partial charge in [-0.15, -0.1) is 0 Å². The molecule has 24 heavy (non-hydrogen) atoms. The fourth-order valence-corrected chi connectivity index (χ4v) is 3.49. The van der Waals surface area contributed by atoms with Gasteiger partial charge in [0.05, 0.1) is 5.69 Å². The van der Waals surface area contributed by atoms with E-state index in [2.05, 4.69) is 24.0 Å². The lowest BCUT2D eigenvalue weighted by atomic mass is 10.1. The van der Waals surface area contributed by atoms with Gasteiger partial charge in [0.1, 0.15) is 0 Å². The van der Waals surface area contributed by atoms with E-state index < -0.39 is 0 Å². The lowest BCUT2D eigenvalue weighted by Crippen LogP contribution is -2.11. The highest BCUT2D eigenvalue weighted by molar-refractivity contribution is 7.99. The third-order valence-corrected chi connectivity index (χ3v) is 5.33. The number of rotatable bonds is 13. The van der Waals surface area contributed by atoms with Gasteiger partial charge in [-0.3, -0.25) is 15.5 Å². The van der Waals surface area contributed by atoms with E-state index in [9.17, 15) is 4.79 Å². The maximum atomic E-state index is 11.9. The van der Waals surface area contributed by atoms with Crippen LogP contribution in [0.1, 0.15) is 64.7 Å². The van der Waals surface area contributed by atoms with E-state index >= 15 is 0 Å². The van der Waals surface area contributed by atoms with Crippen molar-refractivity contribution < 1.29 is 10.0 Å². The Labute approximate surface area is 150 Å². The summed E-state index contributed by atoms with van der Waals surface area (Å²) in [5, 5.41) is 12.4. The summed E-state index contributed by atoms with van der Waals surface area (Å²) in [7, 11) is 0. The number of thioether (sulfide) groups is 1. The molecule has 0 bridgehead atoms. The monoisotopic (exact) mass is 352 g/mol. The van der Waals surface area contributed by atoms with Crippen molar-refractivity contribution in [2.45, 2.75) is 70.0 Å². The number of carbonyl (C=O) groups excluding carboxylic acids is 1.